The Morgan fingerprint density at radius 2 is 2.35 bits per heavy atom. The molecule has 1 aliphatic rings. The summed E-state index contributed by atoms with van der Waals surface area (Å²) in [4.78, 5) is 15.5. The van der Waals surface area contributed by atoms with Gasteiger partial charge >= 0.3 is 5.97 Å². The highest BCUT2D eigenvalue weighted by Crippen LogP contribution is 2.27. The Labute approximate surface area is 126 Å². The lowest BCUT2D eigenvalue weighted by atomic mass is 10.2. The number of carboxylic acid groups (broad SMARTS) is 1. The van der Waals surface area contributed by atoms with Crippen LogP contribution < -0.4 is 0 Å². The molecule has 1 aromatic heterocycles. The average molecular weight is 308 g/mol. The van der Waals surface area contributed by atoms with Crippen LogP contribution in [0.4, 0.5) is 0 Å². The van der Waals surface area contributed by atoms with Gasteiger partial charge in [-0.15, -0.1) is 0 Å². The predicted octanol–water partition coefficient (Wildman–Crippen LogP) is 2.89. The second-order valence-corrected chi connectivity index (χ2v) is 7.40. The lowest BCUT2D eigenvalue weighted by Crippen LogP contribution is -2.21. The van der Waals surface area contributed by atoms with Gasteiger partial charge in [0.2, 0.25) is 0 Å². The zero-order valence-corrected chi connectivity index (χ0v) is 12.8. The molecular weight excluding hydrogens is 292 g/mol. The van der Waals surface area contributed by atoms with Gasteiger partial charge in [0.1, 0.15) is 5.82 Å². The summed E-state index contributed by atoms with van der Waals surface area (Å²) in [6.45, 7) is 2.94. The summed E-state index contributed by atoms with van der Waals surface area (Å²) >= 11 is 4.03. The quantitative estimate of drug-likeness (QED) is 0.945. The fraction of sp³-hybridized carbons (Fsp3) is 0.429. The van der Waals surface area contributed by atoms with E-state index in [0.29, 0.717) is 10.8 Å². The fourth-order valence-electron chi connectivity index (χ4n) is 2.46. The highest BCUT2D eigenvalue weighted by molar-refractivity contribution is 8.06. The molecule has 3 rings (SSSR count). The third-order valence-corrected chi connectivity index (χ3v) is 6.28. The third kappa shape index (κ3) is 2.67. The zero-order valence-electron chi connectivity index (χ0n) is 11.2. The molecule has 1 saturated heterocycles. The van der Waals surface area contributed by atoms with E-state index in [0.717, 1.165) is 23.4 Å². The Bertz CT molecular complexity index is 648. The highest BCUT2D eigenvalue weighted by Gasteiger charge is 2.18. The summed E-state index contributed by atoms with van der Waals surface area (Å²) in [5, 5.41) is 9.66. The van der Waals surface area contributed by atoms with Crippen molar-refractivity contribution in [3.63, 3.8) is 0 Å². The molecule has 106 valence electrons. The molecule has 2 aromatic rings. The van der Waals surface area contributed by atoms with Gasteiger partial charge in [-0.3, -0.25) is 0 Å². The molecule has 6 heteroatoms. The van der Waals surface area contributed by atoms with Crippen LogP contribution in [0.15, 0.2) is 18.2 Å². The summed E-state index contributed by atoms with van der Waals surface area (Å²) < 4.78 is 2.21. The van der Waals surface area contributed by atoms with E-state index < -0.39 is 5.97 Å². The Balaban J connectivity index is 1.93. The van der Waals surface area contributed by atoms with Crippen molar-refractivity contribution >= 4 is 40.5 Å². The van der Waals surface area contributed by atoms with E-state index in [1.54, 1.807) is 12.1 Å². The number of fused-ring (bicyclic) bond motifs is 1. The maximum atomic E-state index is 11.0. The van der Waals surface area contributed by atoms with E-state index in [4.69, 9.17) is 5.11 Å². The van der Waals surface area contributed by atoms with Crippen molar-refractivity contribution in [2.45, 2.75) is 18.7 Å². The normalized spacial score (nSPS) is 19.4. The van der Waals surface area contributed by atoms with Crippen LogP contribution in [0.2, 0.25) is 0 Å². The average Bonchev–Trinajstić information content (AvgIpc) is 2.75. The van der Waals surface area contributed by atoms with Crippen molar-refractivity contribution < 1.29 is 9.90 Å². The van der Waals surface area contributed by atoms with Crippen LogP contribution in [0.1, 0.15) is 16.2 Å². The summed E-state index contributed by atoms with van der Waals surface area (Å²) in [5.74, 6) is 3.69. The topological polar surface area (TPSA) is 55.1 Å². The number of benzene rings is 1. The van der Waals surface area contributed by atoms with Gasteiger partial charge in [-0.1, -0.05) is 0 Å². The van der Waals surface area contributed by atoms with Gasteiger partial charge in [0.15, 0.2) is 0 Å². The number of aromatic nitrogens is 2. The van der Waals surface area contributed by atoms with E-state index in [1.807, 2.05) is 36.5 Å². The first kappa shape index (κ1) is 13.8. The molecule has 0 aliphatic carbocycles. The number of carbonyl (C=O) groups is 1. The maximum Gasteiger partial charge on any atom is 0.335 e. The highest BCUT2D eigenvalue weighted by atomic mass is 32.2. The van der Waals surface area contributed by atoms with Gasteiger partial charge in [0, 0.05) is 29.1 Å². The van der Waals surface area contributed by atoms with Crippen LogP contribution in [-0.2, 0) is 6.54 Å². The molecule has 0 radical (unpaired) electrons. The van der Waals surface area contributed by atoms with Crippen molar-refractivity contribution in [1.82, 2.24) is 9.55 Å². The smallest absolute Gasteiger partial charge is 0.335 e. The molecule has 0 saturated carbocycles. The van der Waals surface area contributed by atoms with Crippen LogP contribution >= 0.6 is 23.5 Å². The van der Waals surface area contributed by atoms with Crippen molar-refractivity contribution in [2.24, 2.45) is 0 Å². The Kier molecular flexibility index (Phi) is 3.94. The standard InChI is InChI=1S/C14H16N2O2S2/c1-9-15-12-6-10(14(17)18)2-3-13(12)16(9)7-11-8-19-4-5-20-11/h2-3,6,11H,4-5,7-8H2,1H3,(H,17,18). The Morgan fingerprint density at radius 1 is 1.50 bits per heavy atom. The number of hydrogen-bond donors (Lipinski definition) is 1. The van der Waals surface area contributed by atoms with Crippen molar-refractivity contribution in [1.29, 1.82) is 0 Å². The minimum absolute atomic E-state index is 0.296. The first-order valence-electron chi connectivity index (χ1n) is 6.54. The number of thioether (sulfide) groups is 2. The van der Waals surface area contributed by atoms with Crippen molar-refractivity contribution in [2.75, 3.05) is 17.3 Å². The first-order chi connectivity index (χ1) is 9.65. The molecule has 1 N–H and O–H groups in total. The summed E-state index contributed by atoms with van der Waals surface area (Å²) in [6, 6.07) is 5.19. The number of nitrogens with zero attached hydrogens (tertiary/aromatic N) is 2. The molecule has 0 amide bonds. The largest absolute Gasteiger partial charge is 0.478 e. The molecule has 1 fully saturated rings. The molecule has 1 aliphatic heterocycles. The van der Waals surface area contributed by atoms with Crippen molar-refractivity contribution in [3.05, 3.63) is 29.6 Å². The lowest BCUT2D eigenvalue weighted by molar-refractivity contribution is 0.0697. The van der Waals surface area contributed by atoms with Gasteiger partial charge in [0.25, 0.3) is 0 Å². The molecule has 4 nitrogen and oxygen atoms in total. The van der Waals surface area contributed by atoms with E-state index in [1.165, 1.54) is 17.3 Å². The van der Waals surface area contributed by atoms with Gasteiger partial charge in [-0.25, -0.2) is 9.78 Å². The second kappa shape index (κ2) is 5.69. The zero-order chi connectivity index (χ0) is 14.1. The molecule has 1 unspecified atom stereocenters. The van der Waals surface area contributed by atoms with Gasteiger partial charge < -0.3 is 9.67 Å². The van der Waals surface area contributed by atoms with Crippen LogP contribution in [0.5, 0.6) is 0 Å². The SMILES string of the molecule is Cc1nc2cc(C(=O)O)ccc2n1CC1CSCCS1. The predicted molar refractivity (Wildman–Crippen MR) is 85.0 cm³/mol. The van der Waals surface area contributed by atoms with E-state index in [2.05, 4.69) is 9.55 Å². The molecular formula is C14H16N2O2S2. The second-order valence-electron chi connectivity index (χ2n) is 4.85. The number of aromatic carboxylic acids is 1. The van der Waals surface area contributed by atoms with Crippen LogP contribution in [-0.4, -0.2) is 43.1 Å². The minimum Gasteiger partial charge on any atom is -0.478 e. The van der Waals surface area contributed by atoms with E-state index >= 15 is 0 Å². The van der Waals surface area contributed by atoms with E-state index in [-0.39, 0.29) is 0 Å². The molecule has 20 heavy (non-hydrogen) atoms. The van der Waals surface area contributed by atoms with Gasteiger partial charge in [-0.05, 0) is 25.1 Å². The molecule has 2 heterocycles. The number of rotatable bonds is 3. The third-order valence-electron chi connectivity index (χ3n) is 3.46. The Hall–Kier alpha value is -1.14. The number of imidazole rings is 1. The van der Waals surface area contributed by atoms with Gasteiger partial charge in [0.05, 0.1) is 16.6 Å². The Morgan fingerprint density at radius 3 is 3.05 bits per heavy atom. The van der Waals surface area contributed by atoms with Crippen LogP contribution in [0, 0.1) is 6.92 Å². The van der Waals surface area contributed by atoms with Crippen molar-refractivity contribution in [3.8, 4) is 0 Å². The number of carboxylic acids is 1. The molecule has 1 aromatic carbocycles. The summed E-state index contributed by atoms with van der Waals surface area (Å²) in [7, 11) is 0. The van der Waals surface area contributed by atoms with Gasteiger partial charge in [-0.2, -0.15) is 23.5 Å². The summed E-state index contributed by atoms with van der Waals surface area (Å²) in [5.41, 5.74) is 2.10. The van der Waals surface area contributed by atoms with E-state index in [9.17, 15) is 4.79 Å². The molecule has 1 atom stereocenters. The number of aryl methyl sites for hydroxylation is 1. The fourth-order valence-corrected chi connectivity index (χ4v) is 5.11. The van der Waals surface area contributed by atoms with Crippen LogP contribution in [0.3, 0.4) is 0 Å². The minimum atomic E-state index is -0.904. The first-order valence-corrected chi connectivity index (χ1v) is 8.75. The number of hydrogen-bond acceptors (Lipinski definition) is 4. The maximum absolute atomic E-state index is 11.0. The monoisotopic (exact) mass is 308 g/mol. The molecule has 0 bridgehead atoms. The molecule has 0 spiro atoms. The lowest BCUT2D eigenvalue weighted by Gasteiger charge is -2.22. The summed E-state index contributed by atoms with van der Waals surface area (Å²) in [6.07, 6.45) is 0. The van der Waals surface area contributed by atoms with Crippen LogP contribution in [0.25, 0.3) is 11.0 Å².